The number of hydrogen-bond donors (Lipinski definition) is 1. The molecule has 2 aromatic carbocycles. The van der Waals surface area contributed by atoms with Crippen molar-refractivity contribution in [1.82, 2.24) is 5.32 Å². The third kappa shape index (κ3) is 7.25. The van der Waals surface area contributed by atoms with Crippen LogP contribution in [-0.2, 0) is 14.3 Å². The number of hydrogen-bond acceptors (Lipinski definition) is 5. The lowest BCUT2D eigenvalue weighted by Gasteiger charge is -2.07. The minimum atomic E-state index is -0.539. The number of ketones is 1. The number of rotatable bonds is 9. The molecule has 0 aromatic heterocycles. The van der Waals surface area contributed by atoms with Crippen LogP contribution in [0.15, 0.2) is 48.5 Å². The summed E-state index contributed by atoms with van der Waals surface area (Å²) in [5, 5.41) is 2.60. The Morgan fingerprint density at radius 1 is 1.03 bits per heavy atom. The molecule has 6 nitrogen and oxygen atoms in total. The maximum absolute atomic E-state index is 12.2. The van der Waals surface area contributed by atoms with Crippen LogP contribution >= 0.6 is 0 Å². The van der Waals surface area contributed by atoms with Crippen LogP contribution in [0.2, 0.25) is 0 Å². The molecule has 2 aromatic rings. The average molecular weight is 395 g/mol. The number of benzene rings is 2. The van der Waals surface area contributed by atoms with Gasteiger partial charge in [-0.25, -0.2) is 0 Å². The summed E-state index contributed by atoms with van der Waals surface area (Å²) in [6, 6.07) is 12.7. The van der Waals surface area contributed by atoms with Crippen molar-refractivity contribution in [2.45, 2.75) is 20.3 Å². The van der Waals surface area contributed by atoms with Gasteiger partial charge in [0.15, 0.2) is 6.61 Å². The standard InChI is InChI=1S/C23H25NO5/c1-16-4-10-20(17(2)14-16)21(25)15-29-23(27)12-13-24-22(26)11-7-18-5-8-19(28-3)9-6-18/h4-11,14H,12-13,15H2,1-3H3,(H,24,26)/b11-7+. The molecule has 0 saturated carbocycles. The Morgan fingerprint density at radius 2 is 1.76 bits per heavy atom. The number of nitrogens with one attached hydrogen (secondary N) is 1. The molecular weight excluding hydrogens is 370 g/mol. The van der Waals surface area contributed by atoms with Crippen molar-refractivity contribution in [2.75, 3.05) is 20.3 Å². The van der Waals surface area contributed by atoms with Crippen molar-refractivity contribution in [3.05, 3.63) is 70.8 Å². The van der Waals surface area contributed by atoms with Gasteiger partial charge in [-0.15, -0.1) is 0 Å². The molecule has 0 fully saturated rings. The lowest BCUT2D eigenvalue weighted by Crippen LogP contribution is -2.25. The summed E-state index contributed by atoms with van der Waals surface area (Å²) in [5.41, 5.74) is 3.31. The molecule has 6 heteroatoms. The zero-order valence-corrected chi connectivity index (χ0v) is 16.9. The highest BCUT2D eigenvalue weighted by Crippen LogP contribution is 2.12. The third-order valence-corrected chi connectivity index (χ3v) is 4.22. The van der Waals surface area contributed by atoms with Crippen LogP contribution in [0.5, 0.6) is 5.75 Å². The molecular formula is C23H25NO5. The van der Waals surface area contributed by atoms with E-state index >= 15 is 0 Å². The van der Waals surface area contributed by atoms with Crippen molar-refractivity contribution in [3.8, 4) is 5.75 Å². The first-order valence-electron chi connectivity index (χ1n) is 9.25. The number of aryl methyl sites for hydroxylation is 2. The normalized spacial score (nSPS) is 10.6. The summed E-state index contributed by atoms with van der Waals surface area (Å²) in [4.78, 5) is 35.8. The van der Waals surface area contributed by atoms with Crippen LogP contribution in [0.4, 0.5) is 0 Å². The Balaban J connectivity index is 1.69. The van der Waals surface area contributed by atoms with E-state index in [9.17, 15) is 14.4 Å². The number of Topliss-reactive ketones (excluding diaryl/α,β-unsaturated/α-hetero) is 1. The van der Waals surface area contributed by atoms with Gasteiger partial charge in [0, 0.05) is 18.2 Å². The van der Waals surface area contributed by atoms with E-state index in [1.807, 2.05) is 38.1 Å². The highest BCUT2D eigenvalue weighted by molar-refractivity contribution is 5.99. The molecule has 1 amide bonds. The Labute approximate surface area is 170 Å². The lowest BCUT2D eigenvalue weighted by atomic mass is 10.0. The van der Waals surface area contributed by atoms with E-state index in [1.165, 1.54) is 6.08 Å². The summed E-state index contributed by atoms with van der Waals surface area (Å²) in [6.07, 6.45) is 3.04. The smallest absolute Gasteiger partial charge is 0.308 e. The number of methoxy groups -OCH3 is 1. The first-order valence-corrected chi connectivity index (χ1v) is 9.25. The van der Waals surface area contributed by atoms with E-state index in [0.29, 0.717) is 5.56 Å². The topological polar surface area (TPSA) is 81.7 Å². The van der Waals surface area contributed by atoms with Crippen LogP contribution < -0.4 is 10.1 Å². The first kappa shape index (κ1) is 21.9. The highest BCUT2D eigenvalue weighted by Gasteiger charge is 2.12. The van der Waals surface area contributed by atoms with E-state index < -0.39 is 5.97 Å². The molecule has 0 aliphatic heterocycles. The number of esters is 1. The van der Waals surface area contributed by atoms with Gasteiger partial charge in [-0.3, -0.25) is 14.4 Å². The number of carbonyl (C=O) groups is 3. The van der Waals surface area contributed by atoms with Crippen LogP contribution in [0, 0.1) is 13.8 Å². The van der Waals surface area contributed by atoms with Gasteiger partial charge in [-0.2, -0.15) is 0 Å². The fourth-order valence-electron chi connectivity index (χ4n) is 2.66. The zero-order chi connectivity index (χ0) is 21.2. The molecule has 152 valence electrons. The summed E-state index contributed by atoms with van der Waals surface area (Å²) in [7, 11) is 1.59. The predicted octanol–water partition coefficient (Wildman–Crippen LogP) is 3.26. The SMILES string of the molecule is COc1ccc(/C=C/C(=O)NCCC(=O)OCC(=O)c2ccc(C)cc2C)cc1. The summed E-state index contributed by atoms with van der Waals surface area (Å²) >= 11 is 0. The Morgan fingerprint density at radius 3 is 2.41 bits per heavy atom. The van der Waals surface area contributed by atoms with Crippen LogP contribution in [-0.4, -0.2) is 37.9 Å². The molecule has 2 rings (SSSR count). The first-order chi connectivity index (χ1) is 13.9. The molecule has 0 saturated heterocycles. The van der Waals surface area contributed by atoms with Gasteiger partial charge >= 0.3 is 5.97 Å². The number of amides is 1. The fourth-order valence-corrected chi connectivity index (χ4v) is 2.66. The van der Waals surface area contributed by atoms with Crippen molar-refractivity contribution < 1.29 is 23.9 Å². The molecule has 0 heterocycles. The van der Waals surface area contributed by atoms with Gasteiger partial charge in [0.2, 0.25) is 11.7 Å². The van der Waals surface area contributed by atoms with Crippen molar-refractivity contribution in [2.24, 2.45) is 0 Å². The second-order valence-corrected chi connectivity index (χ2v) is 6.55. The molecule has 0 bridgehead atoms. The molecule has 0 spiro atoms. The molecule has 0 radical (unpaired) electrons. The minimum absolute atomic E-state index is 0.0116. The second kappa shape index (κ2) is 10.8. The van der Waals surface area contributed by atoms with Crippen molar-refractivity contribution in [1.29, 1.82) is 0 Å². The Bertz CT molecular complexity index is 900. The van der Waals surface area contributed by atoms with E-state index in [4.69, 9.17) is 9.47 Å². The van der Waals surface area contributed by atoms with Crippen LogP contribution in [0.1, 0.15) is 33.5 Å². The summed E-state index contributed by atoms with van der Waals surface area (Å²) in [5.74, 6) is -0.369. The average Bonchev–Trinajstić information content (AvgIpc) is 2.71. The van der Waals surface area contributed by atoms with Gasteiger partial charge in [0.1, 0.15) is 5.75 Å². The van der Waals surface area contributed by atoms with E-state index in [1.54, 1.807) is 31.4 Å². The molecule has 0 unspecified atom stereocenters. The number of ether oxygens (including phenoxy) is 2. The maximum atomic E-state index is 12.2. The monoisotopic (exact) mass is 395 g/mol. The Hall–Kier alpha value is -3.41. The Kier molecular flexibility index (Phi) is 8.15. The van der Waals surface area contributed by atoms with Gasteiger partial charge in [-0.1, -0.05) is 35.9 Å². The van der Waals surface area contributed by atoms with Gasteiger partial charge in [0.05, 0.1) is 13.5 Å². The van der Waals surface area contributed by atoms with Gasteiger partial charge in [0.25, 0.3) is 0 Å². The number of carbonyl (C=O) groups excluding carboxylic acids is 3. The maximum Gasteiger partial charge on any atom is 0.308 e. The van der Waals surface area contributed by atoms with Gasteiger partial charge < -0.3 is 14.8 Å². The van der Waals surface area contributed by atoms with Crippen LogP contribution in [0.3, 0.4) is 0 Å². The van der Waals surface area contributed by atoms with E-state index in [-0.39, 0.29) is 31.3 Å². The third-order valence-electron chi connectivity index (χ3n) is 4.22. The molecule has 29 heavy (non-hydrogen) atoms. The van der Waals surface area contributed by atoms with E-state index in [2.05, 4.69) is 5.32 Å². The largest absolute Gasteiger partial charge is 0.497 e. The van der Waals surface area contributed by atoms with Crippen molar-refractivity contribution >= 4 is 23.7 Å². The second-order valence-electron chi connectivity index (χ2n) is 6.55. The minimum Gasteiger partial charge on any atom is -0.497 e. The van der Waals surface area contributed by atoms with Gasteiger partial charge in [-0.05, 0) is 43.2 Å². The molecule has 1 N–H and O–H groups in total. The summed E-state index contributed by atoms with van der Waals surface area (Å²) < 4.78 is 10.1. The highest BCUT2D eigenvalue weighted by atomic mass is 16.5. The zero-order valence-electron chi connectivity index (χ0n) is 16.9. The molecule has 0 atom stereocenters. The quantitative estimate of drug-likeness (QED) is 0.400. The summed E-state index contributed by atoms with van der Waals surface area (Å²) in [6.45, 7) is 3.61. The fraction of sp³-hybridized carbons (Fsp3) is 0.261. The lowest BCUT2D eigenvalue weighted by molar-refractivity contribution is -0.142. The van der Waals surface area contributed by atoms with Crippen LogP contribution in [0.25, 0.3) is 6.08 Å². The van der Waals surface area contributed by atoms with E-state index in [0.717, 1.165) is 22.4 Å². The molecule has 0 aliphatic carbocycles. The predicted molar refractivity (Wildman–Crippen MR) is 111 cm³/mol. The molecule has 0 aliphatic rings. The van der Waals surface area contributed by atoms with Crippen molar-refractivity contribution in [3.63, 3.8) is 0 Å².